The molecule has 1 aromatic rings. The monoisotopic (exact) mass is 475 g/mol. The summed E-state index contributed by atoms with van der Waals surface area (Å²) in [4.78, 5) is 14.6. The second-order valence-electron chi connectivity index (χ2n) is 9.17. The van der Waals surface area contributed by atoms with Crippen molar-refractivity contribution in [1.82, 2.24) is 15.1 Å². The van der Waals surface area contributed by atoms with E-state index in [1.54, 1.807) is 7.11 Å². The number of likely N-dealkylation sites (N-methyl/N-ethyl adjacent to an activating group) is 1. The molecular weight excluding hydrogens is 438 g/mol. The first-order chi connectivity index (χ1) is 16.1. The summed E-state index contributed by atoms with van der Waals surface area (Å²) in [7, 11) is 1.61. The van der Waals surface area contributed by atoms with Crippen LogP contribution in [0, 0.1) is 0 Å². The highest BCUT2D eigenvalue weighted by molar-refractivity contribution is 6.32. The molecule has 0 spiro atoms. The number of methoxy groups -OCH3 is 1. The zero-order chi connectivity index (χ0) is 23.2. The van der Waals surface area contributed by atoms with Gasteiger partial charge in [-0.1, -0.05) is 44.2 Å². The van der Waals surface area contributed by atoms with Crippen LogP contribution in [0.15, 0.2) is 28.2 Å². The number of guanidine groups is 2. The minimum absolute atomic E-state index is 0.324. The molecule has 0 aromatic heterocycles. The Kier molecular flexibility index (Phi) is 8.33. The predicted molar refractivity (Wildman–Crippen MR) is 136 cm³/mol. The van der Waals surface area contributed by atoms with Gasteiger partial charge in [-0.2, -0.15) is 0 Å². The molecule has 2 heterocycles. The lowest BCUT2D eigenvalue weighted by Crippen LogP contribution is -2.60. The zero-order valence-electron chi connectivity index (χ0n) is 19.9. The average Bonchev–Trinajstić information content (AvgIpc) is 3.10. The zero-order valence-corrected chi connectivity index (χ0v) is 20.7. The lowest BCUT2D eigenvalue weighted by atomic mass is 10.1. The molecule has 1 aliphatic carbocycles. The molecule has 0 amide bonds. The van der Waals surface area contributed by atoms with Gasteiger partial charge in [-0.15, -0.1) is 0 Å². The summed E-state index contributed by atoms with van der Waals surface area (Å²) in [6.07, 6.45) is 9.28. The number of ether oxygens (including phenoxy) is 1. The molecule has 8 nitrogen and oxygen atoms in total. The number of hydrogen-bond acceptors (Lipinski definition) is 6. The molecule has 4 rings (SSSR count). The number of likely N-dealkylation sites (tertiary alicyclic amines) is 1. The van der Waals surface area contributed by atoms with Gasteiger partial charge in [0, 0.05) is 18.3 Å². The average molecular weight is 476 g/mol. The molecule has 2 unspecified atom stereocenters. The van der Waals surface area contributed by atoms with Gasteiger partial charge in [0.25, 0.3) is 0 Å². The van der Waals surface area contributed by atoms with Gasteiger partial charge >= 0.3 is 0 Å². The van der Waals surface area contributed by atoms with Crippen molar-refractivity contribution in [2.75, 3.05) is 32.1 Å². The molecule has 1 saturated heterocycles. The predicted octanol–water partition coefficient (Wildman–Crippen LogP) is 3.83. The van der Waals surface area contributed by atoms with Crippen molar-refractivity contribution in [2.24, 2.45) is 15.7 Å². The molecular formula is C24H38ClN7O. The molecule has 0 radical (unpaired) electrons. The molecule has 0 bridgehead atoms. The third-order valence-electron chi connectivity index (χ3n) is 6.94. The van der Waals surface area contributed by atoms with Gasteiger partial charge in [0.15, 0.2) is 6.29 Å². The van der Waals surface area contributed by atoms with Crippen molar-refractivity contribution in [3.8, 4) is 5.75 Å². The maximum Gasteiger partial charge on any atom is 0.205 e. The maximum atomic E-state index is 6.60. The first kappa shape index (κ1) is 24.1. The van der Waals surface area contributed by atoms with Gasteiger partial charge in [0.1, 0.15) is 5.75 Å². The second-order valence-corrected chi connectivity index (χ2v) is 9.57. The van der Waals surface area contributed by atoms with Crippen molar-refractivity contribution in [2.45, 2.75) is 76.7 Å². The number of rotatable bonds is 6. The van der Waals surface area contributed by atoms with Crippen LogP contribution in [0.3, 0.4) is 0 Å². The van der Waals surface area contributed by atoms with Gasteiger partial charge in [-0.05, 0) is 57.0 Å². The summed E-state index contributed by atoms with van der Waals surface area (Å²) in [6, 6.07) is 6.37. The molecule has 2 aliphatic heterocycles. The van der Waals surface area contributed by atoms with Crippen LogP contribution < -0.4 is 21.1 Å². The standard InChI is InChI=1S/C24H38ClN7O/c1-3-31-14-8-11-19(31)16-32-22(26)29-23(27-18-12-13-21(33-2)20(25)15-18)30-24(32)28-17-9-6-4-5-7-10-17/h12-13,15,17,19,22H,3-11,14,16,26H2,1-2H3,(H2,27,28,29,30). The number of aliphatic imine (C=N–C) groups is 2. The Balaban J connectivity index is 1.55. The summed E-state index contributed by atoms with van der Waals surface area (Å²) in [5.41, 5.74) is 7.42. The van der Waals surface area contributed by atoms with Crippen molar-refractivity contribution < 1.29 is 4.74 Å². The lowest BCUT2D eigenvalue weighted by molar-refractivity contribution is 0.195. The SMILES string of the molecule is CCN1CCCC1CN1C(=NC2CCCCCC2)NC(Nc2ccc(OC)c(Cl)c2)=NC1N. The number of hydrogen-bond donors (Lipinski definition) is 3. The van der Waals surface area contributed by atoms with E-state index in [4.69, 9.17) is 32.1 Å². The third-order valence-corrected chi connectivity index (χ3v) is 7.24. The van der Waals surface area contributed by atoms with Crippen LogP contribution in [0.4, 0.5) is 5.69 Å². The second kappa shape index (κ2) is 11.4. The van der Waals surface area contributed by atoms with Crippen molar-refractivity contribution in [3.05, 3.63) is 23.2 Å². The number of halogens is 1. The number of anilines is 1. The number of nitrogens with one attached hydrogen (secondary N) is 2. The Morgan fingerprint density at radius 3 is 2.70 bits per heavy atom. The van der Waals surface area contributed by atoms with E-state index in [0.717, 1.165) is 44.1 Å². The van der Waals surface area contributed by atoms with Crippen molar-refractivity contribution in [3.63, 3.8) is 0 Å². The fraction of sp³-hybridized carbons (Fsp3) is 0.667. The Hall–Kier alpha value is -2.03. The number of benzene rings is 1. The number of nitrogens with zero attached hydrogens (tertiary/aromatic N) is 4. The Labute approximate surface area is 202 Å². The van der Waals surface area contributed by atoms with Gasteiger partial charge in [0.05, 0.1) is 18.2 Å². The van der Waals surface area contributed by atoms with E-state index in [9.17, 15) is 0 Å². The Morgan fingerprint density at radius 1 is 1.21 bits per heavy atom. The first-order valence-electron chi connectivity index (χ1n) is 12.4. The summed E-state index contributed by atoms with van der Waals surface area (Å²) in [5, 5.41) is 7.30. The lowest BCUT2D eigenvalue weighted by Gasteiger charge is -2.38. The van der Waals surface area contributed by atoms with Crippen LogP contribution in [0.2, 0.25) is 5.02 Å². The van der Waals surface area contributed by atoms with Crippen LogP contribution in [-0.2, 0) is 0 Å². The molecule has 2 atom stereocenters. The van der Waals surface area contributed by atoms with Crippen molar-refractivity contribution in [1.29, 1.82) is 0 Å². The fourth-order valence-electron chi connectivity index (χ4n) is 5.09. The molecule has 3 aliphatic rings. The summed E-state index contributed by atoms with van der Waals surface area (Å²) < 4.78 is 5.26. The van der Waals surface area contributed by atoms with Gasteiger partial charge < -0.3 is 15.0 Å². The van der Waals surface area contributed by atoms with Crippen LogP contribution >= 0.6 is 11.6 Å². The molecule has 182 valence electrons. The van der Waals surface area contributed by atoms with E-state index in [2.05, 4.69) is 27.4 Å². The minimum Gasteiger partial charge on any atom is -0.495 e. The third kappa shape index (κ3) is 6.11. The van der Waals surface area contributed by atoms with E-state index in [0.29, 0.717) is 28.8 Å². The normalized spacial score (nSPS) is 26.1. The van der Waals surface area contributed by atoms with Crippen LogP contribution in [0.1, 0.15) is 58.3 Å². The molecule has 2 fully saturated rings. The topological polar surface area (TPSA) is 90.5 Å². The van der Waals surface area contributed by atoms with Crippen LogP contribution in [-0.4, -0.2) is 66.8 Å². The number of nitrogens with two attached hydrogens (primary N) is 1. The quantitative estimate of drug-likeness (QED) is 0.542. The summed E-state index contributed by atoms with van der Waals surface area (Å²) in [5.74, 6) is 2.05. The molecule has 9 heteroatoms. The largest absolute Gasteiger partial charge is 0.495 e. The van der Waals surface area contributed by atoms with Gasteiger partial charge in [-0.3, -0.25) is 16.0 Å². The highest BCUT2D eigenvalue weighted by Gasteiger charge is 2.32. The Bertz CT molecular complexity index is 853. The van der Waals surface area contributed by atoms with E-state index in [-0.39, 0.29) is 0 Å². The smallest absolute Gasteiger partial charge is 0.205 e. The van der Waals surface area contributed by atoms with E-state index in [1.165, 1.54) is 38.5 Å². The minimum atomic E-state index is -0.494. The highest BCUT2D eigenvalue weighted by atomic mass is 35.5. The fourth-order valence-corrected chi connectivity index (χ4v) is 5.35. The molecule has 1 saturated carbocycles. The van der Waals surface area contributed by atoms with Gasteiger partial charge in [0.2, 0.25) is 11.9 Å². The molecule has 1 aromatic carbocycles. The van der Waals surface area contributed by atoms with E-state index < -0.39 is 6.29 Å². The van der Waals surface area contributed by atoms with E-state index >= 15 is 0 Å². The highest BCUT2D eigenvalue weighted by Crippen LogP contribution is 2.27. The first-order valence-corrected chi connectivity index (χ1v) is 12.7. The van der Waals surface area contributed by atoms with Gasteiger partial charge in [-0.25, -0.2) is 9.98 Å². The summed E-state index contributed by atoms with van der Waals surface area (Å²) in [6.45, 7) is 5.28. The van der Waals surface area contributed by atoms with Crippen LogP contribution in [0.25, 0.3) is 0 Å². The summed E-state index contributed by atoms with van der Waals surface area (Å²) >= 11 is 6.31. The maximum absolute atomic E-state index is 6.60. The molecule has 4 N–H and O–H groups in total. The Morgan fingerprint density at radius 2 is 2.00 bits per heavy atom. The van der Waals surface area contributed by atoms with E-state index in [1.807, 2.05) is 18.2 Å². The molecule has 33 heavy (non-hydrogen) atoms. The van der Waals surface area contributed by atoms with Crippen LogP contribution in [0.5, 0.6) is 5.75 Å². The van der Waals surface area contributed by atoms with Crippen molar-refractivity contribution >= 4 is 29.2 Å².